The molecule has 3 rings (SSSR count). The topological polar surface area (TPSA) is 64.6 Å². The monoisotopic (exact) mass is 405 g/mol. The molecule has 0 fully saturated rings. The molecule has 0 saturated carbocycles. The molecule has 0 aliphatic carbocycles. The number of carbonyl (C=O) groups is 2. The fourth-order valence-electron chi connectivity index (χ4n) is 2.75. The molecule has 1 aliphatic rings. The lowest BCUT2D eigenvalue weighted by atomic mass is 10.0. The van der Waals surface area contributed by atoms with Crippen molar-refractivity contribution in [3.05, 3.63) is 57.6 Å². The summed E-state index contributed by atoms with van der Waals surface area (Å²) in [5.41, 5.74) is 1.16. The first-order chi connectivity index (χ1) is 12.7. The van der Waals surface area contributed by atoms with E-state index < -0.39 is 11.6 Å². The zero-order valence-corrected chi connectivity index (χ0v) is 16.4. The fourth-order valence-corrected chi connectivity index (χ4v) is 3.11. The zero-order valence-electron chi connectivity index (χ0n) is 14.9. The van der Waals surface area contributed by atoms with Crippen molar-refractivity contribution in [1.29, 1.82) is 0 Å². The lowest BCUT2D eigenvalue weighted by Gasteiger charge is -2.24. The molecule has 1 aliphatic heterocycles. The van der Waals surface area contributed by atoms with Gasteiger partial charge >= 0.3 is 5.97 Å². The first-order valence-corrected chi connectivity index (χ1v) is 8.87. The van der Waals surface area contributed by atoms with E-state index in [0.29, 0.717) is 32.6 Å². The second-order valence-corrected chi connectivity index (χ2v) is 7.36. The molecule has 0 spiro atoms. The van der Waals surface area contributed by atoms with Crippen molar-refractivity contribution in [3.63, 3.8) is 0 Å². The van der Waals surface area contributed by atoms with E-state index in [9.17, 15) is 9.59 Å². The number of amides is 1. The SMILES string of the molecule is COC(=O)C(C)(C)Oc1ccc(Cl)cc1/C=C1/C(=O)Nc2cc(Cl)ccc21. The van der Waals surface area contributed by atoms with Crippen molar-refractivity contribution >= 4 is 52.4 Å². The normalized spacial score (nSPS) is 14.7. The maximum atomic E-state index is 12.4. The Labute approximate surface area is 166 Å². The van der Waals surface area contributed by atoms with E-state index >= 15 is 0 Å². The second-order valence-electron chi connectivity index (χ2n) is 6.49. The van der Waals surface area contributed by atoms with Crippen LogP contribution in [-0.2, 0) is 14.3 Å². The number of esters is 1. The van der Waals surface area contributed by atoms with Crippen LogP contribution in [0.2, 0.25) is 10.0 Å². The molecular weight excluding hydrogens is 389 g/mol. The van der Waals surface area contributed by atoms with Gasteiger partial charge in [-0.3, -0.25) is 4.79 Å². The van der Waals surface area contributed by atoms with E-state index in [1.54, 1.807) is 56.3 Å². The van der Waals surface area contributed by atoms with Crippen LogP contribution in [0, 0.1) is 0 Å². The van der Waals surface area contributed by atoms with Gasteiger partial charge in [0.15, 0.2) is 5.60 Å². The van der Waals surface area contributed by atoms with Crippen LogP contribution in [0.4, 0.5) is 5.69 Å². The van der Waals surface area contributed by atoms with E-state index in [0.717, 1.165) is 5.56 Å². The molecule has 0 unspecified atom stereocenters. The number of halogens is 2. The third kappa shape index (κ3) is 3.94. The Hall–Kier alpha value is -2.50. The zero-order chi connectivity index (χ0) is 19.8. The number of methoxy groups -OCH3 is 1. The summed E-state index contributed by atoms with van der Waals surface area (Å²) in [4.78, 5) is 24.4. The number of fused-ring (bicyclic) bond motifs is 1. The summed E-state index contributed by atoms with van der Waals surface area (Å²) in [5, 5.41) is 3.78. The quantitative estimate of drug-likeness (QED) is 0.584. The number of nitrogens with one attached hydrogen (secondary N) is 1. The minimum Gasteiger partial charge on any atom is -0.476 e. The van der Waals surface area contributed by atoms with Crippen LogP contribution >= 0.6 is 23.2 Å². The number of ether oxygens (including phenoxy) is 2. The van der Waals surface area contributed by atoms with Gasteiger partial charge in [-0.15, -0.1) is 0 Å². The molecular formula is C20H17Cl2NO4. The molecule has 7 heteroatoms. The first-order valence-electron chi connectivity index (χ1n) is 8.11. The average molecular weight is 406 g/mol. The van der Waals surface area contributed by atoms with Gasteiger partial charge in [0.25, 0.3) is 5.91 Å². The standard InChI is InChI=1S/C20H17Cl2NO4/c1-20(2,19(25)26-3)27-17-7-5-12(21)8-11(17)9-15-14-6-4-13(22)10-16(14)23-18(15)24/h4-10H,1-3H3,(H,23,24)/b15-9+. The minimum absolute atomic E-state index is 0.259. The molecule has 0 atom stereocenters. The molecule has 0 radical (unpaired) electrons. The fraction of sp³-hybridized carbons (Fsp3) is 0.200. The predicted octanol–water partition coefficient (Wildman–Crippen LogP) is 4.82. The van der Waals surface area contributed by atoms with E-state index in [2.05, 4.69) is 5.32 Å². The largest absolute Gasteiger partial charge is 0.476 e. The highest BCUT2D eigenvalue weighted by atomic mass is 35.5. The third-order valence-electron chi connectivity index (χ3n) is 4.08. The summed E-state index contributed by atoms with van der Waals surface area (Å²) in [7, 11) is 1.29. The Morgan fingerprint density at radius 3 is 2.48 bits per heavy atom. The van der Waals surface area contributed by atoms with Crippen molar-refractivity contribution < 1.29 is 19.1 Å². The summed E-state index contributed by atoms with van der Waals surface area (Å²) in [6.07, 6.45) is 1.67. The summed E-state index contributed by atoms with van der Waals surface area (Å²) in [6, 6.07) is 10.1. The highest BCUT2D eigenvalue weighted by Gasteiger charge is 2.32. The van der Waals surface area contributed by atoms with E-state index in [1.807, 2.05) is 0 Å². The first kappa shape index (κ1) is 19.3. The van der Waals surface area contributed by atoms with Crippen LogP contribution in [0.5, 0.6) is 5.75 Å². The van der Waals surface area contributed by atoms with Gasteiger partial charge in [-0.2, -0.15) is 0 Å². The van der Waals surface area contributed by atoms with Gasteiger partial charge in [0.2, 0.25) is 0 Å². The Morgan fingerprint density at radius 2 is 1.78 bits per heavy atom. The van der Waals surface area contributed by atoms with Gasteiger partial charge in [0, 0.05) is 26.7 Å². The van der Waals surface area contributed by atoms with E-state index in [1.165, 1.54) is 7.11 Å². The van der Waals surface area contributed by atoms with Gasteiger partial charge in [-0.1, -0.05) is 29.3 Å². The smallest absolute Gasteiger partial charge is 0.349 e. The van der Waals surface area contributed by atoms with E-state index in [-0.39, 0.29) is 5.91 Å². The Kier molecular flexibility index (Phi) is 5.18. The molecule has 0 saturated heterocycles. The Morgan fingerprint density at radius 1 is 1.11 bits per heavy atom. The molecule has 1 amide bonds. The molecule has 1 heterocycles. The molecule has 0 aromatic heterocycles. The molecule has 0 bridgehead atoms. The summed E-state index contributed by atoms with van der Waals surface area (Å²) in [5.74, 6) is -0.377. The van der Waals surface area contributed by atoms with Crippen molar-refractivity contribution in [3.8, 4) is 5.75 Å². The molecule has 140 valence electrons. The van der Waals surface area contributed by atoms with Crippen molar-refractivity contribution in [1.82, 2.24) is 0 Å². The maximum Gasteiger partial charge on any atom is 0.349 e. The predicted molar refractivity (Wildman–Crippen MR) is 106 cm³/mol. The highest BCUT2D eigenvalue weighted by Crippen LogP contribution is 2.37. The van der Waals surface area contributed by atoms with Gasteiger partial charge in [0.1, 0.15) is 5.75 Å². The Bertz CT molecular complexity index is 966. The molecule has 2 aromatic carbocycles. The summed E-state index contributed by atoms with van der Waals surface area (Å²) in [6.45, 7) is 3.20. The molecule has 2 aromatic rings. The van der Waals surface area contributed by atoms with Crippen LogP contribution in [0.1, 0.15) is 25.0 Å². The second kappa shape index (κ2) is 7.25. The highest BCUT2D eigenvalue weighted by molar-refractivity contribution is 6.37. The number of rotatable bonds is 4. The maximum absolute atomic E-state index is 12.4. The van der Waals surface area contributed by atoms with Crippen LogP contribution in [-0.4, -0.2) is 24.6 Å². The summed E-state index contributed by atoms with van der Waals surface area (Å²) < 4.78 is 10.6. The summed E-state index contributed by atoms with van der Waals surface area (Å²) >= 11 is 12.1. The lowest BCUT2D eigenvalue weighted by Crippen LogP contribution is -2.39. The lowest BCUT2D eigenvalue weighted by molar-refractivity contribution is -0.156. The Balaban J connectivity index is 2.06. The van der Waals surface area contributed by atoms with Crippen LogP contribution < -0.4 is 10.1 Å². The van der Waals surface area contributed by atoms with Gasteiger partial charge in [0.05, 0.1) is 12.8 Å². The number of anilines is 1. The third-order valence-corrected chi connectivity index (χ3v) is 4.55. The van der Waals surface area contributed by atoms with Crippen LogP contribution in [0.3, 0.4) is 0 Å². The van der Waals surface area contributed by atoms with Gasteiger partial charge in [-0.05, 0) is 50.3 Å². The average Bonchev–Trinajstić information content (AvgIpc) is 2.91. The minimum atomic E-state index is -1.21. The van der Waals surface area contributed by atoms with Crippen molar-refractivity contribution in [2.75, 3.05) is 12.4 Å². The van der Waals surface area contributed by atoms with Crippen LogP contribution in [0.25, 0.3) is 11.6 Å². The van der Waals surface area contributed by atoms with E-state index in [4.69, 9.17) is 32.7 Å². The molecule has 5 nitrogen and oxygen atoms in total. The number of hydrogen-bond donors (Lipinski definition) is 1. The van der Waals surface area contributed by atoms with Crippen molar-refractivity contribution in [2.45, 2.75) is 19.4 Å². The van der Waals surface area contributed by atoms with Crippen molar-refractivity contribution in [2.24, 2.45) is 0 Å². The number of hydrogen-bond acceptors (Lipinski definition) is 4. The molecule has 27 heavy (non-hydrogen) atoms. The number of carbonyl (C=O) groups excluding carboxylic acids is 2. The van der Waals surface area contributed by atoms with Gasteiger partial charge in [-0.25, -0.2) is 4.79 Å². The molecule has 1 N–H and O–H groups in total. The number of benzene rings is 2. The van der Waals surface area contributed by atoms with Crippen LogP contribution in [0.15, 0.2) is 36.4 Å². The van der Waals surface area contributed by atoms with Gasteiger partial charge < -0.3 is 14.8 Å².